The van der Waals surface area contributed by atoms with E-state index in [1.165, 1.54) is 11.0 Å². The lowest BCUT2D eigenvalue weighted by atomic mass is 10.3. The molecule has 0 aliphatic rings. The van der Waals surface area contributed by atoms with Crippen LogP contribution in [0.15, 0.2) is 24.8 Å². The van der Waals surface area contributed by atoms with Gasteiger partial charge in [0.1, 0.15) is 12.9 Å². The van der Waals surface area contributed by atoms with Crippen molar-refractivity contribution in [3.8, 4) is 0 Å². The Bertz CT molecular complexity index is 504. The first-order chi connectivity index (χ1) is 8.63. The molecule has 2 aromatic rings. The molecule has 2 aromatic heterocycles. The van der Waals surface area contributed by atoms with Crippen LogP contribution in [-0.4, -0.2) is 36.5 Å². The van der Waals surface area contributed by atoms with Crippen molar-refractivity contribution >= 4 is 11.9 Å². The number of nitrogens with one attached hydrogen (secondary N) is 1. The van der Waals surface area contributed by atoms with Gasteiger partial charge in [0.15, 0.2) is 0 Å². The van der Waals surface area contributed by atoms with Crippen molar-refractivity contribution in [3.05, 3.63) is 24.8 Å². The summed E-state index contributed by atoms with van der Waals surface area (Å²) >= 11 is 0. The van der Waals surface area contributed by atoms with E-state index in [1.54, 1.807) is 10.9 Å². The first-order valence-corrected chi connectivity index (χ1v) is 5.55. The number of aromatic nitrogens is 5. The molecule has 0 spiro atoms. The van der Waals surface area contributed by atoms with Gasteiger partial charge in [-0.2, -0.15) is 5.10 Å². The Morgan fingerprint density at radius 3 is 3.00 bits per heavy atom. The van der Waals surface area contributed by atoms with E-state index in [0.717, 1.165) is 0 Å². The van der Waals surface area contributed by atoms with Crippen molar-refractivity contribution in [2.75, 3.05) is 5.73 Å². The predicted molar refractivity (Wildman–Crippen MR) is 64.3 cm³/mol. The fourth-order valence-electron chi connectivity index (χ4n) is 1.59. The minimum Gasteiger partial charge on any atom is -0.367 e. The van der Waals surface area contributed by atoms with Gasteiger partial charge in [0.05, 0.1) is 6.54 Å². The summed E-state index contributed by atoms with van der Waals surface area (Å²) in [5.74, 6) is 0.0203. The van der Waals surface area contributed by atoms with Crippen molar-refractivity contribution < 1.29 is 4.79 Å². The first kappa shape index (κ1) is 12.1. The molecule has 1 unspecified atom stereocenters. The van der Waals surface area contributed by atoms with Crippen LogP contribution in [0.5, 0.6) is 0 Å². The lowest BCUT2D eigenvalue weighted by Gasteiger charge is -2.13. The van der Waals surface area contributed by atoms with Crippen LogP contribution in [-0.2, 0) is 17.9 Å². The Hall–Kier alpha value is -2.38. The summed E-state index contributed by atoms with van der Waals surface area (Å²) in [4.78, 5) is 15.4. The molecular weight excluding hydrogens is 234 g/mol. The molecule has 2 rings (SSSR count). The van der Waals surface area contributed by atoms with E-state index < -0.39 is 0 Å². The third-order valence-corrected chi connectivity index (χ3v) is 2.29. The van der Waals surface area contributed by atoms with Crippen LogP contribution in [0.2, 0.25) is 0 Å². The normalized spacial score (nSPS) is 12.3. The monoisotopic (exact) mass is 249 g/mol. The number of nitrogen functional groups attached to an aromatic ring is 1. The number of nitrogens with zero attached hydrogens (tertiary/aromatic N) is 5. The second-order valence-electron chi connectivity index (χ2n) is 4.00. The number of carbonyl (C=O) groups excluding carboxylic acids is 1. The third kappa shape index (κ3) is 3.30. The molecule has 0 saturated carbocycles. The number of amides is 1. The van der Waals surface area contributed by atoms with Crippen LogP contribution in [0.3, 0.4) is 0 Å². The van der Waals surface area contributed by atoms with Crippen LogP contribution < -0.4 is 11.1 Å². The van der Waals surface area contributed by atoms with Gasteiger partial charge in [0, 0.05) is 18.4 Å². The van der Waals surface area contributed by atoms with Gasteiger partial charge in [-0.1, -0.05) is 0 Å². The molecule has 18 heavy (non-hydrogen) atoms. The zero-order valence-corrected chi connectivity index (χ0v) is 10.0. The van der Waals surface area contributed by atoms with Crippen LogP contribution in [0, 0.1) is 0 Å². The summed E-state index contributed by atoms with van der Waals surface area (Å²) in [5.41, 5.74) is 5.36. The van der Waals surface area contributed by atoms with Gasteiger partial charge in [-0.15, -0.1) is 5.10 Å². The van der Waals surface area contributed by atoms with E-state index >= 15 is 0 Å². The van der Waals surface area contributed by atoms with Gasteiger partial charge >= 0.3 is 0 Å². The molecule has 0 fully saturated rings. The Morgan fingerprint density at radius 1 is 1.56 bits per heavy atom. The predicted octanol–water partition coefficient (Wildman–Crippen LogP) is -0.738. The molecule has 0 bridgehead atoms. The Kier molecular flexibility index (Phi) is 3.56. The molecule has 2 heterocycles. The highest BCUT2D eigenvalue weighted by Gasteiger charge is 2.09. The number of hydrogen-bond acceptors (Lipinski definition) is 5. The molecule has 0 aliphatic heterocycles. The largest absolute Gasteiger partial charge is 0.367 e. The fourth-order valence-corrected chi connectivity index (χ4v) is 1.59. The van der Waals surface area contributed by atoms with Crippen LogP contribution in [0.25, 0.3) is 0 Å². The SMILES string of the molecule is CC(Cn1cccn1)NC(=O)Cn1cnc(N)n1. The first-order valence-electron chi connectivity index (χ1n) is 5.55. The highest BCUT2D eigenvalue weighted by Crippen LogP contribution is 1.93. The average molecular weight is 249 g/mol. The highest BCUT2D eigenvalue weighted by molar-refractivity contribution is 5.75. The number of hydrogen-bond donors (Lipinski definition) is 2. The molecule has 3 N–H and O–H groups in total. The molecule has 0 aromatic carbocycles. The summed E-state index contributed by atoms with van der Waals surface area (Å²) in [7, 11) is 0. The maximum atomic E-state index is 11.7. The number of nitrogens with two attached hydrogens (primary N) is 1. The van der Waals surface area contributed by atoms with Gasteiger partial charge in [0.2, 0.25) is 11.9 Å². The third-order valence-electron chi connectivity index (χ3n) is 2.29. The highest BCUT2D eigenvalue weighted by atomic mass is 16.2. The second-order valence-corrected chi connectivity index (χ2v) is 4.00. The van der Waals surface area contributed by atoms with Crippen LogP contribution in [0.4, 0.5) is 5.95 Å². The molecule has 8 heteroatoms. The minimum atomic E-state index is -0.139. The van der Waals surface area contributed by atoms with E-state index in [0.29, 0.717) is 6.54 Å². The van der Waals surface area contributed by atoms with E-state index in [4.69, 9.17) is 5.73 Å². The minimum absolute atomic E-state index is 0.0155. The standard InChI is InChI=1S/C10H15N7O/c1-8(5-16-4-2-3-13-16)14-9(18)6-17-7-12-10(11)15-17/h2-4,7-8H,5-6H2,1H3,(H2,11,15)(H,14,18). The molecule has 8 nitrogen and oxygen atoms in total. The zero-order chi connectivity index (χ0) is 13.0. The summed E-state index contributed by atoms with van der Waals surface area (Å²) in [6, 6.07) is 1.82. The molecule has 0 aliphatic carbocycles. The lowest BCUT2D eigenvalue weighted by Crippen LogP contribution is -2.37. The van der Waals surface area contributed by atoms with Crippen molar-refractivity contribution in [1.29, 1.82) is 0 Å². The smallest absolute Gasteiger partial charge is 0.242 e. The Labute approximate surface area is 104 Å². The van der Waals surface area contributed by atoms with Crippen molar-refractivity contribution in [2.24, 2.45) is 0 Å². The van der Waals surface area contributed by atoms with Crippen molar-refractivity contribution in [1.82, 2.24) is 29.9 Å². The van der Waals surface area contributed by atoms with Crippen molar-refractivity contribution in [2.45, 2.75) is 26.1 Å². The quantitative estimate of drug-likeness (QED) is 0.726. The molecule has 0 saturated heterocycles. The fraction of sp³-hybridized carbons (Fsp3) is 0.400. The van der Waals surface area contributed by atoms with Gasteiger partial charge < -0.3 is 11.1 Å². The van der Waals surface area contributed by atoms with Gasteiger partial charge in [-0.05, 0) is 13.0 Å². The summed E-state index contributed by atoms with van der Waals surface area (Å²) < 4.78 is 3.16. The second kappa shape index (κ2) is 5.30. The maximum Gasteiger partial charge on any atom is 0.242 e. The number of carbonyl (C=O) groups is 1. The van der Waals surface area contributed by atoms with E-state index in [9.17, 15) is 4.79 Å². The van der Waals surface area contributed by atoms with Crippen molar-refractivity contribution in [3.63, 3.8) is 0 Å². The van der Waals surface area contributed by atoms with E-state index in [-0.39, 0.29) is 24.4 Å². The van der Waals surface area contributed by atoms with Crippen LogP contribution in [0.1, 0.15) is 6.92 Å². The number of rotatable bonds is 5. The number of anilines is 1. The van der Waals surface area contributed by atoms with Gasteiger partial charge in [-0.3, -0.25) is 9.48 Å². The lowest BCUT2D eigenvalue weighted by molar-refractivity contribution is -0.122. The Morgan fingerprint density at radius 2 is 2.39 bits per heavy atom. The molecule has 96 valence electrons. The average Bonchev–Trinajstić information content (AvgIpc) is 2.90. The molecular formula is C10H15N7O. The van der Waals surface area contributed by atoms with Gasteiger partial charge in [-0.25, -0.2) is 9.67 Å². The zero-order valence-electron chi connectivity index (χ0n) is 10.0. The summed E-state index contributed by atoms with van der Waals surface area (Å²) in [6.07, 6.45) is 4.97. The molecule has 1 atom stereocenters. The molecule has 1 amide bonds. The molecule has 0 radical (unpaired) electrons. The summed E-state index contributed by atoms with van der Waals surface area (Å²) in [6.45, 7) is 2.64. The van der Waals surface area contributed by atoms with E-state index in [1.807, 2.05) is 19.2 Å². The maximum absolute atomic E-state index is 11.7. The van der Waals surface area contributed by atoms with Gasteiger partial charge in [0.25, 0.3) is 0 Å². The topological polar surface area (TPSA) is 104 Å². The Balaban J connectivity index is 1.80. The van der Waals surface area contributed by atoms with E-state index in [2.05, 4.69) is 20.5 Å². The van der Waals surface area contributed by atoms with Crippen LogP contribution >= 0.6 is 0 Å². The summed E-state index contributed by atoms with van der Waals surface area (Å²) in [5, 5.41) is 10.8.